The van der Waals surface area contributed by atoms with Crippen LogP contribution in [0.5, 0.6) is 0 Å². The fraction of sp³-hybridized carbons (Fsp3) is 0.435. The van der Waals surface area contributed by atoms with E-state index in [1.54, 1.807) is 6.07 Å². The van der Waals surface area contributed by atoms with Gasteiger partial charge in [0.25, 0.3) is 5.91 Å². The minimum atomic E-state index is -4.32. The van der Waals surface area contributed by atoms with Crippen molar-refractivity contribution in [1.82, 2.24) is 4.90 Å². The fourth-order valence-electron chi connectivity index (χ4n) is 4.16. The molecule has 0 radical (unpaired) electrons. The number of carbonyl (C=O) groups excluding carboxylic acids is 1. The van der Waals surface area contributed by atoms with Crippen LogP contribution in [0.4, 0.5) is 13.2 Å². The summed E-state index contributed by atoms with van der Waals surface area (Å²) in [7, 11) is 0. The van der Waals surface area contributed by atoms with E-state index in [0.717, 1.165) is 18.9 Å². The van der Waals surface area contributed by atoms with Gasteiger partial charge in [-0.3, -0.25) is 4.79 Å². The first-order chi connectivity index (χ1) is 13.2. The monoisotopic (exact) mass is 389 g/mol. The summed E-state index contributed by atoms with van der Waals surface area (Å²) in [5.74, 6) is 0.414. The van der Waals surface area contributed by atoms with Crippen LogP contribution in [0, 0.1) is 11.3 Å². The number of piperidine rings is 1. The van der Waals surface area contributed by atoms with Crippen molar-refractivity contribution in [2.75, 3.05) is 13.1 Å². The molecule has 0 spiro atoms. The lowest BCUT2D eigenvalue weighted by molar-refractivity contribution is -0.137. The van der Waals surface area contributed by atoms with E-state index in [0.29, 0.717) is 36.6 Å². The number of hydrogen-bond acceptors (Lipinski definition) is 1. The van der Waals surface area contributed by atoms with Gasteiger partial charge in [-0.15, -0.1) is 0 Å². The molecule has 2 aromatic rings. The molecule has 5 heteroatoms. The van der Waals surface area contributed by atoms with E-state index in [-0.39, 0.29) is 11.3 Å². The van der Waals surface area contributed by atoms with Crippen LogP contribution >= 0.6 is 0 Å². The quantitative estimate of drug-likeness (QED) is 0.645. The summed E-state index contributed by atoms with van der Waals surface area (Å²) in [6, 6.07) is 14.9. The van der Waals surface area contributed by atoms with E-state index in [2.05, 4.69) is 13.8 Å². The summed E-state index contributed by atoms with van der Waals surface area (Å²) in [5, 5.41) is 0. The number of halogens is 3. The lowest BCUT2D eigenvalue weighted by Gasteiger charge is -2.41. The average Bonchev–Trinajstić information content (AvgIpc) is 2.67. The van der Waals surface area contributed by atoms with Crippen LogP contribution in [-0.2, 0) is 12.6 Å². The highest BCUT2D eigenvalue weighted by Gasteiger charge is 2.35. The van der Waals surface area contributed by atoms with Gasteiger partial charge < -0.3 is 4.90 Å². The molecule has 0 saturated carbocycles. The summed E-state index contributed by atoms with van der Waals surface area (Å²) in [6.07, 6.45) is -1.99. The van der Waals surface area contributed by atoms with Gasteiger partial charge in [-0.1, -0.05) is 50.2 Å². The lowest BCUT2D eigenvalue weighted by Crippen LogP contribution is -2.42. The number of hydrogen-bond donors (Lipinski definition) is 0. The van der Waals surface area contributed by atoms with E-state index in [1.807, 2.05) is 35.2 Å². The molecular weight excluding hydrogens is 363 g/mol. The molecule has 0 N–H and O–H groups in total. The predicted molar refractivity (Wildman–Crippen MR) is 104 cm³/mol. The largest absolute Gasteiger partial charge is 0.416 e. The number of likely N-dealkylation sites (tertiary alicyclic amines) is 1. The molecule has 0 aliphatic carbocycles. The highest BCUT2D eigenvalue weighted by Crippen LogP contribution is 2.39. The van der Waals surface area contributed by atoms with Crippen molar-refractivity contribution in [2.45, 2.75) is 39.3 Å². The highest BCUT2D eigenvalue weighted by molar-refractivity contribution is 5.94. The number of rotatable bonds is 4. The molecule has 150 valence electrons. The molecule has 1 aliphatic heterocycles. The summed E-state index contributed by atoms with van der Waals surface area (Å²) in [5.41, 5.74) is 0.683. The molecule has 0 bridgehead atoms. The standard InChI is InChI=1S/C23H26F3NO/c1-22(2,16-17-7-6-10-20(15-17)23(24,25)26)19-11-13-27(14-12-19)21(28)18-8-4-3-5-9-18/h3-10,15,19H,11-14,16H2,1-2H3. The van der Waals surface area contributed by atoms with Crippen LogP contribution in [0.25, 0.3) is 0 Å². The van der Waals surface area contributed by atoms with Gasteiger partial charge in [0.2, 0.25) is 0 Å². The summed E-state index contributed by atoms with van der Waals surface area (Å²) in [6.45, 7) is 5.61. The van der Waals surface area contributed by atoms with Crippen molar-refractivity contribution in [3.63, 3.8) is 0 Å². The maximum Gasteiger partial charge on any atom is 0.416 e. The first-order valence-corrected chi connectivity index (χ1v) is 9.67. The third-order valence-corrected chi connectivity index (χ3v) is 5.82. The number of benzene rings is 2. The molecule has 1 heterocycles. The zero-order chi connectivity index (χ0) is 20.4. The van der Waals surface area contributed by atoms with Crippen molar-refractivity contribution >= 4 is 5.91 Å². The Hall–Kier alpha value is -2.30. The van der Waals surface area contributed by atoms with Gasteiger partial charge in [0.05, 0.1) is 5.56 Å². The molecule has 2 nitrogen and oxygen atoms in total. The van der Waals surface area contributed by atoms with Crippen LogP contribution in [0.3, 0.4) is 0 Å². The van der Waals surface area contributed by atoms with E-state index in [1.165, 1.54) is 12.1 Å². The molecule has 0 atom stereocenters. The smallest absolute Gasteiger partial charge is 0.339 e. The number of carbonyl (C=O) groups is 1. The van der Waals surface area contributed by atoms with E-state index < -0.39 is 11.7 Å². The van der Waals surface area contributed by atoms with E-state index in [4.69, 9.17) is 0 Å². The summed E-state index contributed by atoms with van der Waals surface area (Å²) < 4.78 is 38.9. The van der Waals surface area contributed by atoms with Gasteiger partial charge in [-0.2, -0.15) is 13.2 Å². The van der Waals surface area contributed by atoms with Gasteiger partial charge >= 0.3 is 6.18 Å². The summed E-state index contributed by atoms with van der Waals surface area (Å²) >= 11 is 0. The second kappa shape index (κ2) is 7.98. The lowest BCUT2D eigenvalue weighted by atomic mass is 9.70. The van der Waals surface area contributed by atoms with Crippen LogP contribution in [0.15, 0.2) is 54.6 Å². The first-order valence-electron chi connectivity index (χ1n) is 9.67. The Morgan fingerprint density at radius 2 is 1.64 bits per heavy atom. The van der Waals surface area contributed by atoms with Crippen molar-refractivity contribution in [3.05, 3.63) is 71.3 Å². The maximum atomic E-state index is 13.0. The van der Waals surface area contributed by atoms with Crippen LogP contribution in [0.2, 0.25) is 0 Å². The molecule has 1 aliphatic rings. The van der Waals surface area contributed by atoms with Gasteiger partial charge in [-0.05, 0) is 54.4 Å². The van der Waals surface area contributed by atoms with Crippen molar-refractivity contribution in [2.24, 2.45) is 11.3 Å². The summed E-state index contributed by atoms with van der Waals surface area (Å²) in [4.78, 5) is 14.5. The topological polar surface area (TPSA) is 20.3 Å². The average molecular weight is 389 g/mol. The SMILES string of the molecule is CC(C)(Cc1cccc(C(F)(F)F)c1)C1CCN(C(=O)c2ccccc2)CC1. The number of nitrogens with zero attached hydrogens (tertiary/aromatic N) is 1. The minimum absolute atomic E-state index is 0.0507. The van der Waals surface area contributed by atoms with Crippen LogP contribution < -0.4 is 0 Å². The Morgan fingerprint density at radius 1 is 1.00 bits per heavy atom. The molecule has 2 aromatic carbocycles. The van der Waals surface area contributed by atoms with Crippen LogP contribution in [0.1, 0.15) is 48.2 Å². The fourth-order valence-corrected chi connectivity index (χ4v) is 4.16. The van der Waals surface area contributed by atoms with Gasteiger partial charge in [0, 0.05) is 18.7 Å². The minimum Gasteiger partial charge on any atom is -0.339 e. The van der Waals surface area contributed by atoms with Crippen molar-refractivity contribution in [1.29, 1.82) is 0 Å². The Bertz CT molecular complexity index is 806. The molecular formula is C23H26F3NO. The van der Waals surface area contributed by atoms with Gasteiger partial charge in [0.15, 0.2) is 0 Å². The second-order valence-corrected chi connectivity index (χ2v) is 8.30. The van der Waals surface area contributed by atoms with Gasteiger partial charge in [-0.25, -0.2) is 0 Å². The molecule has 28 heavy (non-hydrogen) atoms. The van der Waals surface area contributed by atoms with E-state index >= 15 is 0 Å². The molecule has 3 rings (SSSR count). The molecule has 0 unspecified atom stereocenters. The number of amides is 1. The predicted octanol–water partition coefficient (Wildman–Crippen LogP) is 5.83. The third-order valence-electron chi connectivity index (χ3n) is 5.82. The van der Waals surface area contributed by atoms with Crippen molar-refractivity contribution < 1.29 is 18.0 Å². The Morgan fingerprint density at radius 3 is 2.25 bits per heavy atom. The van der Waals surface area contributed by atoms with Crippen molar-refractivity contribution in [3.8, 4) is 0 Å². The Kier molecular flexibility index (Phi) is 5.82. The second-order valence-electron chi connectivity index (χ2n) is 8.30. The van der Waals surface area contributed by atoms with Crippen LogP contribution in [-0.4, -0.2) is 23.9 Å². The normalized spacial score (nSPS) is 16.2. The zero-order valence-corrected chi connectivity index (χ0v) is 16.3. The Balaban J connectivity index is 1.62. The van der Waals surface area contributed by atoms with Gasteiger partial charge in [0.1, 0.15) is 0 Å². The Labute approximate surface area is 164 Å². The van der Waals surface area contributed by atoms with E-state index in [9.17, 15) is 18.0 Å². The highest BCUT2D eigenvalue weighted by atomic mass is 19.4. The first kappa shape index (κ1) is 20.4. The molecule has 1 fully saturated rings. The number of alkyl halides is 3. The molecule has 0 aromatic heterocycles. The molecule has 1 amide bonds. The zero-order valence-electron chi connectivity index (χ0n) is 16.3. The maximum absolute atomic E-state index is 13.0. The molecule has 1 saturated heterocycles. The third kappa shape index (κ3) is 4.75.